The van der Waals surface area contributed by atoms with Crippen LogP contribution in [0.25, 0.3) is 0 Å². The molecule has 1 atom stereocenters. The standard InChI is InChI=1S/C11H18N4O3/c1-2-9(7-10(16)17)15-11(12-13-14-15)8-3-5-18-6-4-8/h8-9H,2-7H2,1H3,(H,16,17). The Morgan fingerprint density at radius 2 is 2.28 bits per heavy atom. The summed E-state index contributed by atoms with van der Waals surface area (Å²) in [6.45, 7) is 3.38. The van der Waals surface area contributed by atoms with Crippen LogP contribution in [0.15, 0.2) is 0 Å². The zero-order valence-electron chi connectivity index (χ0n) is 10.4. The first-order chi connectivity index (χ1) is 8.72. The fraction of sp³-hybridized carbons (Fsp3) is 0.818. The van der Waals surface area contributed by atoms with Crippen molar-refractivity contribution in [3.8, 4) is 0 Å². The molecular weight excluding hydrogens is 236 g/mol. The van der Waals surface area contributed by atoms with E-state index in [0.717, 1.165) is 18.7 Å². The molecule has 0 saturated carbocycles. The summed E-state index contributed by atoms with van der Waals surface area (Å²) in [4.78, 5) is 10.8. The van der Waals surface area contributed by atoms with Gasteiger partial charge in [-0.05, 0) is 29.7 Å². The lowest BCUT2D eigenvalue weighted by Gasteiger charge is -2.23. The van der Waals surface area contributed by atoms with Gasteiger partial charge in [0.25, 0.3) is 0 Å². The molecule has 0 radical (unpaired) electrons. The Kier molecular flexibility index (Phi) is 4.24. The Balaban J connectivity index is 2.16. The summed E-state index contributed by atoms with van der Waals surface area (Å²) in [6.07, 6.45) is 2.54. The first-order valence-electron chi connectivity index (χ1n) is 6.29. The highest BCUT2D eigenvalue weighted by Gasteiger charge is 2.26. The quantitative estimate of drug-likeness (QED) is 0.842. The largest absolute Gasteiger partial charge is 0.481 e. The molecule has 2 heterocycles. The van der Waals surface area contributed by atoms with Crippen LogP contribution in [-0.2, 0) is 9.53 Å². The zero-order chi connectivity index (χ0) is 13.0. The van der Waals surface area contributed by atoms with Gasteiger partial charge in [-0.1, -0.05) is 6.92 Å². The van der Waals surface area contributed by atoms with Gasteiger partial charge in [-0.3, -0.25) is 4.79 Å². The van der Waals surface area contributed by atoms with E-state index in [4.69, 9.17) is 9.84 Å². The topological polar surface area (TPSA) is 90.1 Å². The van der Waals surface area contributed by atoms with E-state index >= 15 is 0 Å². The van der Waals surface area contributed by atoms with E-state index in [1.807, 2.05) is 6.92 Å². The van der Waals surface area contributed by atoms with Gasteiger partial charge < -0.3 is 9.84 Å². The summed E-state index contributed by atoms with van der Waals surface area (Å²) in [5.41, 5.74) is 0. The Labute approximate surface area is 105 Å². The maximum absolute atomic E-state index is 10.8. The lowest BCUT2D eigenvalue weighted by Crippen LogP contribution is -2.22. The van der Waals surface area contributed by atoms with Crippen molar-refractivity contribution >= 4 is 5.97 Å². The van der Waals surface area contributed by atoms with Crippen molar-refractivity contribution < 1.29 is 14.6 Å². The van der Waals surface area contributed by atoms with E-state index in [0.29, 0.717) is 19.6 Å². The summed E-state index contributed by atoms with van der Waals surface area (Å²) in [7, 11) is 0. The molecule has 1 aromatic heterocycles. The van der Waals surface area contributed by atoms with Crippen LogP contribution in [-0.4, -0.2) is 44.5 Å². The number of hydrogen-bond donors (Lipinski definition) is 1. The molecule has 0 aromatic carbocycles. The number of nitrogens with zero attached hydrogens (tertiary/aromatic N) is 4. The number of carbonyl (C=O) groups is 1. The molecule has 0 aliphatic carbocycles. The molecule has 1 N–H and O–H groups in total. The average molecular weight is 254 g/mol. The van der Waals surface area contributed by atoms with E-state index in [1.54, 1.807) is 4.68 Å². The Morgan fingerprint density at radius 3 is 2.89 bits per heavy atom. The summed E-state index contributed by atoms with van der Waals surface area (Å²) < 4.78 is 7.00. The second-order valence-electron chi connectivity index (χ2n) is 4.53. The molecule has 1 saturated heterocycles. The average Bonchev–Trinajstić information content (AvgIpc) is 2.86. The molecule has 1 aliphatic heterocycles. The SMILES string of the molecule is CCC(CC(=O)O)n1nnnc1C1CCOCC1. The highest BCUT2D eigenvalue weighted by Crippen LogP contribution is 2.27. The van der Waals surface area contributed by atoms with Crippen molar-refractivity contribution in [1.29, 1.82) is 0 Å². The van der Waals surface area contributed by atoms with Gasteiger partial charge in [0.1, 0.15) is 0 Å². The number of tetrazole rings is 1. The van der Waals surface area contributed by atoms with E-state index < -0.39 is 5.97 Å². The van der Waals surface area contributed by atoms with Crippen molar-refractivity contribution in [2.75, 3.05) is 13.2 Å². The van der Waals surface area contributed by atoms with Gasteiger partial charge in [0.2, 0.25) is 0 Å². The highest BCUT2D eigenvalue weighted by molar-refractivity contribution is 5.67. The van der Waals surface area contributed by atoms with Gasteiger partial charge in [-0.2, -0.15) is 0 Å². The number of carboxylic acid groups (broad SMARTS) is 1. The first-order valence-corrected chi connectivity index (χ1v) is 6.29. The van der Waals surface area contributed by atoms with Crippen molar-refractivity contribution in [3.05, 3.63) is 5.82 Å². The number of carboxylic acids is 1. The maximum Gasteiger partial charge on any atom is 0.305 e. The van der Waals surface area contributed by atoms with Crippen LogP contribution in [0.3, 0.4) is 0 Å². The smallest absolute Gasteiger partial charge is 0.305 e. The molecular formula is C11H18N4O3. The fourth-order valence-corrected chi connectivity index (χ4v) is 2.29. The predicted octanol–water partition coefficient (Wildman–Crippen LogP) is 0.993. The van der Waals surface area contributed by atoms with E-state index in [2.05, 4.69) is 15.5 Å². The van der Waals surface area contributed by atoms with Gasteiger partial charge in [0.15, 0.2) is 5.82 Å². The van der Waals surface area contributed by atoms with Crippen LogP contribution >= 0.6 is 0 Å². The first kappa shape index (κ1) is 12.9. The van der Waals surface area contributed by atoms with Crippen molar-refractivity contribution in [2.45, 2.75) is 44.6 Å². The molecule has 1 aromatic rings. The monoisotopic (exact) mass is 254 g/mol. The van der Waals surface area contributed by atoms with Crippen LogP contribution in [0.2, 0.25) is 0 Å². The molecule has 100 valence electrons. The number of hydrogen-bond acceptors (Lipinski definition) is 5. The van der Waals surface area contributed by atoms with Gasteiger partial charge in [0, 0.05) is 19.1 Å². The number of aliphatic carboxylic acids is 1. The number of ether oxygens (including phenoxy) is 1. The summed E-state index contributed by atoms with van der Waals surface area (Å²) in [5, 5.41) is 20.7. The Morgan fingerprint density at radius 1 is 1.56 bits per heavy atom. The predicted molar refractivity (Wildman–Crippen MR) is 62.2 cm³/mol. The summed E-state index contributed by atoms with van der Waals surface area (Å²) in [6, 6.07) is -0.171. The highest BCUT2D eigenvalue weighted by atomic mass is 16.5. The number of rotatable bonds is 5. The van der Waals surface area contributed by atoms with Crippen LogP contribution in [0.4, 0.5) is 0 Å². The minimum absolute atomic E-state index is 0.0533. The molecule has 1 fully saturated rings. The summed E-state index contributed by atoms with van der Waals surface area (Å²) >= 11 is 0. The third-order valence-corrected chi connectivity index (χ3v) is 3.33. The molecule has 1 unspecified atom stereocenters. The molecule has 2 rings (SSSR count). The molecule has 7 heteroatoms. The molecule has 1 aliphatic rings. The molecule has 0 bridgehead atoms. The molecule has 0 spiro atoms. The van der Waals surface area contributed by atoms with Crippen LogP contribution < -0.4 is 0 Å². The zero-order valence-corrected chi connectivity index (χ0v) is 10.4. The van der Waals surface area contributed by atoms with Crippen molar-refractivity contribution in [2.24, 2.45) is 0 Å². The second kappa shape index (κ2) is 5.90. The summed E-state index contributed by atoms with van der Waals surface area (Å²) in [5.74, 6) is 0.248. The van der Waals surface area contributed by atoms with E-state index in [-0.39, 0.29) is 18.4 Å². The van der Waals surface area contributed by atoms with Crippen molar-refractivity contribution in [1.82, 2.24) is 20.2 Å². The van der Waals surface area contributed by atoms with Gasteiger partial charge in [-0.25, -0.2) is 4.68 Å². The molecule has 0 amide bonds. The van der Waals surface area contributed by atoms with E-state index in [9.17, 15) is 4.79 Å². The second-order valence-corrected chi connectivity index (χ2v) is 4.53. The lowest BCUT2D eigenvalue weighted by molar-refractivity contribution is -0.138. The minimum Gasteiger partial charge on any atom is -0.481 e. The van der Waals surface area contributed by atoms with Crippen LogP contribution in [0, 0.1) is 0 Å². The van der Waals surface area contributed by atoms with Crippen LogP contribution in [0.1, 0.15) is 50.4 Å². The number of aromatic nitrogens is 4. The third-order valence-electron chi connectivity index (χ3n) is 3.33. The van der Waals surface area contributed by atoms with Gasteiger partial charge in [0.05, 0.1) is 12.5 Å². The van der Waals surface area contributed by atoms with E-state index in [1.165, 1.54) is 0 Å². The maximum atomic E-state index is 10.8. The minimum atomic E-state index is -0.824. The molecule has 7 nitrogen and oxygen atoms in total. The third kappa shape index (κ3) is 2.84. The lowest BCUT2D eigenvalue weighted by atomic mass is 9.99. The van der Waals surface area contributed by atoms with Crippen molar-refractivity contribution in [3.63, 3.8) is 0 Å². The normalized spacial score (nSPS) is 18.7. The Bertz CT molecular complexity index is 401. The van der Waals surface area contributed by atoms with Gasteiger partial charge in [-0.15, -0.1) is 5.10 Å². The van der Waals surface area contributed by atoms with Gasteiger partial charge >= 0.3 is 5.97 Å². The molecule has 18 heavy (non-hydrogen) atoms. The Hall–Kier alpha value is -1.50. The van der Waals surface area contributed by atoms with Crippen LogP contribution in [0.5, 0.6) is 0 Å². The fourth-order valence-electron chi connectivity index (χ4n) is 2.29.